The van der Waals surface area contributed by atoms with Gasteiger partial charge in [0, 0.05) is 5.56 Å². The van der Waals surface area contributed by atoms with Crippen molar-refractivity contribution in [3.05, 3.63) is 48.3 Å². The first-order chi connectivity index (χ1) is 10.5. The number of hydrogen-bond acceptors (Lipinski definition) is 2. The Labute approximate surface area is 130 Å². The highest BCUT2D eigenvalue weighted by Gasteiger charge is 2.20. The van der Waals surface area contributed by atoms with Crippen molar-refractivity contribution >= 4 is 11.9 Å². The molecule has 1 aromatic carbocycles. The van der Waals surface area contributed by atoms with Gasteiger partial charge in [0.25, 0.3) is 5.91 Å². The fourth-order valence-corrected chi connectivity index (χ4v) is 2.12. The first-order valence-corrected chi connectivity index (χ1v) is 7.44. The minimum absolute atomic E-state index is 0.122. The van der Waals surface area contributed by atoms with E-state index in [1.807, 2.05) is 6.08 Å². The van der Waals surface area contributed by atoms with E-state index in [0.29, 0.717) is 6.42 Å². The second-order valence-corrected chi connectivity index (χ2v) is 5.15. The predicted molar refractivity (Wildman–Crippen MR) is 83.2 cm³/mol. The fraction of sp³-hybridized carbons (Fsp3) is 0.412. The standard InChI is InChI=1S/C17H22FNO3/c1-2-3-4-5-6-7-11-15(17(21)22)19-16(20)13-9-8-10-14(18)12-13/h2,8-10,12,15H,1,3-7,11H2,(H,19,20)(H,21,22)/t15-/m1/s1. The molecule has 120 valence electrons. The molecule has 1 aromatic rings. The van der Waals surface area contributed by atoms with E-state index in [-0.39, 0.29) is 5.56 Å². The van der Waals surface area contributed by atoms with Crippen LogP contribution in [0.4, 0.5) is 4.39 Å². The molecule has 0 unspecified atom stereocenters. The van der Waals surface area contributed by atoms with E-state index in [0.717, 1.165) is 38.2 Å². The molecule has 22 heavy (non-hydrogen) atoms. The average Bonchev–Trinajstić information content (AvgIpc) is 2.49. The minimum Gasteiger partial charge on any atom is -0.480 e. The van der Waals surface area contributed by atoms with E-state index in [1.165, 1.54) is 18.2 Å². The third-order valence-electron chi connectivity index (χ3n) is 3.34. The molecule has 4 nitrogen and oxygen atoms in total. The number of carboxylic acids is 1. The zero-order valence-electron chi connectivity index (χ0n) is 12.6. The van der Waals surface area contributed by atoms with Crippen molar-refractivity contribution in [2.75, 3.05) is 0 Å². The second-order valence-electron chi connectivity index (χ2n) is 5.15. The summed E-state index contributed by atoms with van der Waals surface area (Å²) in [5.74, 6) is -2.17. The van der Waals surface area contributed by atoms with Gasteiger partial charge in [-0.25, -0.2) is 9.18 Å². The number of carbonyl (C=O) groups excluding carboxylic acids is 1. The lowest BCUT2D eigenvalue weighted by atomic mass is 10.1. The number of allylic oxidation sites excluding steroid dienone is 1. The van der Waals surface area contributed by atoms with Crippen LogP contribution < -0.4 is 5.32 Å². The fourth-order valence-electron chi connectivity index (χ4n) is 2.12. The van der Waals surface area contributed by atoms with Gasteiger partial charge in [0.05, 0.1) is 0 Å². The molecular weight excluding hydrogens is 285 g/mol. The molecular formula is C17H22FNO3. The maximum absolute atomic E-state index is 13.1. The Balaban J connectivity index is 2.45. The Kier molecular flexibility index (Phi) is 7.89. The zero-order valence-corrected chi connectivity index (χ0v) is 12.6. The molecule has 0 saturated heterocycles. The molecule has 0 fully saturated rings. The Bertz CT molecular complexity index is 516. The SMILES string of the molecule is C=CCCCCCC[C@@H](NC(=O)c1cccc(F)c1)C(=O)O. The highest BCUT2D eigenvalue weighted by molar-refractivity contribution is 5.96. The first kappa shape index (κ1) is 17.9. The van der Waals surface area contributed by atoms with E-state index >= 15 is 0 Å². The maximum atomic E-state index is 13.1. The van der Waals surface area contributed by atoms with Crippen molar-refractivity contribution in [1.29, 1.82) is 0 Å². The number of nitrogens with one attached hydrogen (secondary N) is 1. The van der Waals surface area contributed by atoms with Crippen LogP contribution in [0.1, 0.15) is 48.9 Å². The Morgan fingerprint density at radius 1 is 1.27 bits per heavy atom. The van der Waals surface area contributed by atoms with Gasteiger partial charge in [0.1, 0.15) is 11.9 Å². The van der Waals surface area contributed by atoms with Crippen LogP contribution in [-0.4, -0.2) is 23.0 Å². The van der Waals surface area contributed by atoms with Gasteiger partial charge in [0.15, 0.2) is 0 Å². The molecule has 0 saturated carbocycles. The van der Waals surface area contributed by atoms with Crippen molar-refractivity contribution in [3.63, 3.8) is 0 Å². The van der Waals surface area contributed by atoms with Gasteiger partial charge in [-0.1, -0.05) is 31.4 Å². The van der Waals surface area contributed by atoms with Crippen LogP contribution in [0, 0.1) is 5.82 Å². The monoisotopic (exact) mass is 307 g/mol. The molecule has 0 aromatic heterocycles. The molecule has 0 aliphatic rings. The summed E-state index contributed by atoms with van der Waals surface area (Å²) in [6.45, 7) is 3.65. The first-order valence-electron chi connectivity index (χ1n) is 7.44. The van der Waals surface area contributed by atoms with Gasteiger partial charge in [-0.05, 0) is 37.5 Å². The van der Waals surface area contributed by atoms with Gasteiger partial charge < -0.3 is 10.4 Å². The lowest BCUT2D eigenvalue weighted by Gasteiger charge is -2.14. The van der Waals surface area contributed by atoms with Crippen LogP contribution in [0.3, 0.4) is 0 Å². The van der Waals surface area contributed by atoms with Crippen LogP contribution in [-0.2, 0) is 4.79 Å². The number of unbranched alkanes of at least 4 members (excludes halogenated alkanes) is 4. The number of halogens is 1. The van der Waals surface area contributed by atoms with Gasteiger partial charge in [-0.15, -0.1) is 6.58 Å². The van der Waals surface area contributed by atoms with Gasteiger partial charge >= 0.3 is 5.97 Å². The minimum atomic E-state index is -1.07. The summed E-state index contributed by atoms with van der Waals surface area (Å²) < 4.78 is 13.1. The Morgan fingerprint density at radius 2 is 2.00 bits per heavy atom. The van der Waals surface area contributed by atoms with Crippen molar-refractivity contribution in [2.24, 2.45) is 0 Å². The van der Waals surface area contributed by atoms with Crippen molar-refractivity contribution in [2.45, 2.75) is 44.6 Å². The normalized spacial score (nSPS) is 11.7. The summed E-state index contributed by atoms with van der Waals surface area (Å²) in [6.07, 6.45) is 6.86. The lowest BCUT2D eigenvalue weighted by molar-refractivity contribution is -0.139. The number of amides is 1. The highest BCUT2D eigenvalue weighted by Crippen LogP contribution is 2.09. The molecule has 1 atom stereocenters. The summed E-state index contributed by atoms with van der Waals surface area (Å²) in [5.41, 5.74) is 0.122. The smallest absolute Gasteiger partial charge is 0.326 e. The van der Waals surface area contributed by atoms with E-state index in [4.69, 9.17) is 5.11 Å². The molecule has 0 aliphatic heterocycles. The average molecular weight is 307 g/mol. The van der Waals surface area contributed by atoms with Crippen LogP contribution >= 0.6 is 0 Å². The van der Waals surface area contributed by atoms with Gasteiger partial charge in [0.2, 0.25) is 0 Å². The second kappa shape index (κ2) is 9.71. The Hall–Kier alpha value is -2.17. The third kappa shape index (κ3) is 6.52. The predicted octanol–water partition coefficient (Wildman–Crippen LogP) is 3.54. The van der Waals surface area contributed by atoms with Crippen LogP contribution in [0.2, 0.25) is 0 Å². The molecule has 2 N–H and O–H groups in total. The molecule has 0 aliphatic carbocycles. The zero-order chi connectivity index (χ0) is 16.4. The topological polar surface area (TPSA) is 66.4 Å². The van der Waals surface area contributed by atoms with E-state index in [9.17, 15) is 14.0 Å². The molecule has 0 spiro atoms. The molecule has 1 rings (SSSR count). The number of aliphatic carboxylic acids is 1. The van der Waals surface area contributed by atoms with Crippen LogP contribution in [0.15, 0.2) is 36.9 Å². The molecule has 0 bridgehead atoms. The molecule has 0 radical (unpaired) electrons. The van der Waals surface area contributed by atoms with Crippen molar-refractivity contribution in [3.8, 4) is 0 Å². The summed E-state index contributed by atoms with van der Waals surface area (Å²) in [7, 11) is 0. The number of rotatable bonds is 10. The summed E-state index contributed by atoms with van der Waals surface area (Å²) in [4.78, 5) is 23.1. The molecule has 5 heteroatoms. The summed E-state index contributed by atoms with van der Waals surface area (Å²) in [5, 5.41) is 11.6. The van der Waals surface area contributed by atoms with Crippen molar-refractivity contribution in [1.82, 2.24) is 5.32 Å². The van der Waals surface area contributed by atoms with E-state index in [1.54, 1.807) is 0 Å². The van der Waals surface area contributed by atoms with Crippen molar-refractivity contribution < 1.29 is 19.1 Å². The molecule has 1 amide bonds. The highest BCUT2D eigenvalue weighted by atomic mass is 19.1. The van der Waals surface area contributed by atoms with Crippen LogP contribution in [0.5, 0.6) is 0 Å². The quantitative estimate of drug-likeness (QED) is 0.513. The lowest BCUT2D eigenvalue weighted by Crippen LogP contribution is -2.40. The van der Waals surface area contributed by atoms with Gasteiger partial charge in [-0.3, -0.25) is 4.79 Å². The Morgan fingerprint density at radius 3 is 2.64 bits per heavy atom. The number of benzene rings is 1. The molecule has 0 heterocycles. The number of hydrogen-bond donors (Lipinski definition) is 2. The largest absolute Gasteiger partial charge is 0.480 e. The van der Waals surface area contributed by atoms with Crippen LogP contribution in [0.25, 0.3) is 0 Å². The number of carbonyl (C=O) groups is 2. The maximum Gasteiger partial charge on any atom is 0.326 e. The third-order valence-corrected chi connectivity index (χ3v) is 3.34. The van der Waals surface area contributed by atoms with E-state index in [2.05, 4.69) is 11.9 Å². The van der Waals surface area contributed by atoms with E-state index < -0.39 is 23.7 Å². The van der Waals surface area contributed by atoms with Gasteiger partial charge in [-0.2, -0.15) is 0 Å². The summed E-state index contributed by atoms with van der Waals surface area (Å²) in [6, 6.07) is 4.24. The number of carboxylic acid groups (broad SMARTS) is 1. The summed E-state index contributed by atoms with van der Waals surface area (Å²) >= 11 is 0.